The van der Waals surface area contributed by atoms with Crippen LogP contribution in [0.5, 0.6) is 0 Å². The third-order valence-electron chi connectivity index (χ3n) is 3.33. The van der Waals surface area contributed by atoms with Gasteiger partial charge >= 0.3 is 0 Å². The molecule has 114 valence electrons. The molecule has 1 aliphatic rings. The summed E-state index contributed by atoms with van der Waals surface area (Å²) in [5.41, 5.74) is 1.00. The zero-order chi connectivity index (χ0) is 15.2. The SMILES string of the molecule is O=C(N[C@H](Cc1ncc[nH]1)c1ccccc1)C1=COCCO1. The molecule has 1 aromatic carbocycles. The van der Waals surface area contributed by atoms with Crippen LogP contribution in [-0.2, 0) is 20.7 Å². The molecule has 0 spiro atoms. The van der Waals surface area contributed by atoms with Gasteiger partial charge in [-0.1, -0.05) is 30.3 Å². The number of rotatable bonds is 5. The van der Waals surface area contributed by atoms with Crippen LogP contribution in [0.2, 0.25) is 0 Å². The number of nitrogens with zero attached hydrogens (tertiary/aromatic N) is 1. The first kappa shape index (κ1) is 14.2. The smallest absolute Gasteiger partial charge is 0.290 e. The van der Waals surface area contributed by atoms with Crippen molar-refractivity contribution in [2.24, 2.45) is 0 Å². The van der Waals surface area contributed by atoms with Crippen molar-refractivity contribution in [3.63, 3.8) is 0 Å². The predicted molar refractivity (Wildman–Crippen MR) is 79.6 cm³/mol. The molecular formula is C16H17N3O3. The molecule has 0 radical (unpaired) electrons. The fraction of sp³-hybridized carbons (Fsp3) is 0.250. The zero-order valence-electron chi connectivity index (χ0n) is 12.0. The van der Waals surface area contributed by atoms with Gasteiger partial charge in [0.15, 0.2) is 0 Å². The molecule has 1 amide bonds. The maximum atomic E-state index is 12.3. The van der Waals surface area contributed by atoms with Crippen LogP contribution in [0, 0.1) is 0 Å². The van der Waals surface area contributed by atoms with Gasteiger partial charge in [0.25, 0.3) is 5.91 Å². The number of carbonyl (C=O) groups is 1. The summed E-state index contributed by atoms with van der Waals surface area (Å²) in [4.78, 5) is 19.6. The molecule has 1 aliphatic heterocycles. The highest BCUT2D eigenvalue weighted by atomic mass is 16.6. The molecule has 0 saturated heterocycles. The molecule has 3 rings (SSSR count). The minimum absolute atomic E-state index is 0.201. The number of benzene rings is 1. The molecular weight excluding hydrogens is 282 g/mol. The van der Waals surface area contributed by atoms with Crippen LogP contribution in [0.25, 0.3) is 0 Å². The fourth-order valence-corrected chi connectivity index (χ4v) is 2.26. The number of hydrogen-bond donors (Lipinski definition) is 2. The van der Waals surface area contributed by atoms with Crippen molar-refractivity contribution in [1.29, 1.82) is 0 Å². The molecule has 2 heterocycles. The summed E-state index contributed by atoms with van der Waals surface area (Å²) in [5, 5.41) is 2.97. The maximum Gasteiger partial charge on any atom is 0.290 e. The first-order chi connectivity index (χ1) is 10.8. The molecule has 6 nitrogen and oxygen atoms in total. The van der Waals surface area contributed by atoms with Gasteiger partial charge in [0.1, 0.15) is 25.3 Å². The van der Waals surface area contributed by atoms with E-state index in [0.717, 1.165) is 11.4 Å². The molecule has 2 N–H and O–H groups in total. The number of nitrogens with one attached hydrogen (secondary N) is 2. The molecule has 0 aliphatic carbocycles. The van der Waals surface area contributed by atoms with Crippen LogP contribution >= 0.6 is 0 Å². The average molecular weight is 299 g/mol. The number of amides is 1. The Kier molecular flexibility index (Phi) is 4.38. The van der Waals surface area contributed by atoms with E-state index in [1.807, 2.05) is 30.3 Å². The minimum Gasteiger partial charge on any atom is -0.494 e. The fourth-order valence-electron chi connectivity index (χ4n) is 2.26. The van der Waals surface area contributed by atoms with Gasteiger partial charge in [-0.05, 0) is 5.56 Å². The highest BCUT2D eigenvalue weighted by molar-refractivity contribution is 5.91. The van der Waals surface area contributed by atoms with E-state index in [0.29, 0.717) is 19.6 Å². The van der Waals surface area contributed by atoms with Crippen molar-refractivity contribution in [3.8, 4) is 0 Å². The molecule has 2 aromatic rings. The number of carbonyl (C=O) groups excluding carboxylic acids is 1. The van der Waals surface area contributed by atoms with Gasteiger partial charge in [-0.15, -0.1) is 0 Å². The van der Waals surface area contributed by atoms with Gasteiger partial charge < -0.3 is 19.8 Å². The number of ether oxygens (including phenoxy) is 2. The van der Waals surface area contributed by atoms with Gasteiger partial charge in [-0.3, -0.25) is 4.79 Å². The summed E-state index contributed by atoms with van der Waals surface area (Å²) < 4.78 is 10.4. The molecule has 0 unspecified atom stereocenters. The Labute approximate surface area is 128 Å². The van der Waals surface area contributed by atoms with Crippen LogP contribution in [0.15, 0.2) is 54.7 Å². The second-order valence-electron chi connectivity index (χ2n) is 4.88. The number of H-pyrrole nitrogens is 1. The van der Waals surface area contributed by atoms with Crippen molar-refractivity contribution in [1.82, 2.24) is 15.3 Å². The summed E-state index contributed by atoms with van der Waals surface area (Å²) in [6.45, 7) is 0.846. The Bertz CT molecular complexity index is 638. The van der Waals surface area contributed by atoms with E-state index < -0.39 is 0 Å². The summed E-state index contributed by atoms with van der Waals surface area (Å²) in [7, 11) is 0. The number of aromatic amines is 1. The average Bonchev–Trinajstić information content (AvgIpc) is 3.09. The van der Waals surface area contributed by atoms with Gasteiger partial charge in [0.2, 0.25) is 5.76 Å². The van der Waals surface area contributed by atoms with Gasteiger partial charge in [0, 0.05) is 18.8 Å². The lowest BCUT2D eigenvalue weighted by Crippen LogP contribution is -2.33. The van der Waals surface area contributed by atoms with E-state index in [2.05, 4.69) is 15.3 Å². The van der Waals surface area contributed by atoms with Crippen LogP contribution in [0.3, 0.4) is 0 Å². The van der Waals surface area contributed by atoms with Crippen molar-refractivity contribution in [3.05, 3.63) is 66.1 Å². The summed E-state index contributed by atoms with van der Waals surface area (Å²) in [5.74, 6) is 0.718. The standard InChI is InChI=1S/C16H17N3O3/c20-16(14-11-21-8-9-22-14)19-13(10-15-17-6-7-18-15)12-4-2-1-3-5-12/h1-7,11,13H,8-10H2,(H,17,18)(H,19,20)/t13-/m1/s1. The summed E-state index contributed by atoms with van der Waals surface area (Å²) in [6.07, 6.45) is 5.38. The lowest BCUT2D eigenvalue weighted by Gasteiger charge is -2.21. The molecule has 0 saturated carbocycles. The Hall–Kier alpha value is -2.76. The molecule has 22 heavy (non-hydrogen) atoms. The Balaban J connectivity index is 1.76. The normalized spacial score (nSPS) is 15.2. The molecule has 0 fully saturated rings. The predicted octanol–water partition coefficient (Wildman–Crippen LogP) is 1.70. The largest absolute Gasteiger partial charge is 0.494 e. The van der Waals surface area contributed by atoms with Crippen molar-refractivity contribution < 1.29 is 14.3 Å². The maximum absolute atomic E-state index is 12.3. The van der Waals surface area contributed by atoms with Crippen LogP contribution < -0.4 is 5.32 Å². The Morgan fingerprint density at radius 3 is 2.86 bits per heavy atom. The monoisotopic (exact) mass is 299 g/mol. The van der Waals surface area contributed by atoms with E-state index in [9.17, 15) is 4.79 Å². The van der Waals surface area contributed by atoms with E-state index in [4.69, 9.17) is 9.47 Å². The van der Waals surface area contributed by atoms with Crippen LogP contribution in [0.1, 0.15) is 17.4 Å². The van der Waals surface area contributed by atoms with E-state index in [-0.39, 0.29) is 17.7 Å². The number of aromatic nitrogens is 2. The second kappa shape index (κ2) is 6.80. The van der Waals surface area contributed by atoms with E-state index in [1.54, 1.807) is 12.4 Å². The van der Waals surface area contributed by atoms with Gasteiger partial charge in [-0.2, -0.15) is 0 Å². The topological polar surface area (TPSA) is 76.2 Å². The van der Waals surface area contributed by atoms with Crippen molar-refractivity contribution >= 4 is 5.91 Å². The third kappa shape index (κ3) is 3.46. The van der Waals surface area contributed by atoms with E-state index >= 15 is 0 Å². The first-order valence-corrected chi connectivity index (χ1v) is 7.11. The highest BCUT2D eigenvalue weighted by Crippen LogP contribution is 2.18. The third-order valence-corrected chi connectivity index (χ3v) is 3.33. The van der Waals surface area contributed by atoms with Gasteiger partial charge in [0.05, 0.1) is 6.04 Å². The van der Waals surface area contributed by atoms with E-state index in [1.165, 1.54) is 6.26 Å². The lowest BCUT2D eigenvalue weighted by atomic mass is 10.0. The molecule has 1 atom stereocenters. The Morgan fingerprint density at radius 1 is 1.32 bits per heavy atom. The lowest BCUT2D eigenvalue weighted by molar-refractivity contribution is -0.123. The quantitative estimate of drug-likeness (QED) is 0.881. The van der Waals surface area contributed by atoms with Crippen molar-refractivity contribution in [2.45, 2.75) is 12.5 Å². The summed E-state index contributed by atoms with van der Waals surface area (Å²) in [6, 6.07) is 9.56. The number of imidazole rings is 1. The highest BCUT2D eigenvalue weighted by Gasteiger charge is 2.21. The summed E-state index contributed by atoms with van der Waals surface area (Å²) >= 11 is 0. The zero-order valence-corrected chi connectivity index (χ0v) is 12.0. The Morgan fingerprint density at radius 2 is 2.18 bits per heavy atom. The van der Waals surface area contributed by atoms with Crippen LogP contribution in [-0.4, -0.2) is 29.1 Å². The minimum atomic E-state index is -0.292. The molecule has 0 bridgehead atoms. The number of hydrogen-bond acceptors (Lipinski definition) is 4. The molecule has 1 aromatic heterocycles. The first-order valence-electron chi connectivity index (χ1n) is 7.11. The molecule has 6 heteroatoms. The van der Waals surface area contributed by atoms with Crippen LogP contribution in [0.4, 0.5) is 0 Å². The van der Waals surface area contributed by atoms with Crippen molar-refractivity contribution in [2.75, 3.05) is 13.2 Å². The van der Waals surface area contributed by atoms with Gasteiger partial charge in [-0.25, -0.2) is 4.98 Å². The second-order valence-corrected chi connectivity index (χ2v) is 4.88.